The number of hydrogen-bond acceptors (Lipinski definition) is 2. The largest absolute Gasteiger partial charge is 0.355 e. The molecule has 0 aliphatic carbocycles. The topological polar surface area (TPSA) is 46.2 Å². The van der Waals surface area contributed by atoms with Gasteiger partial charge < -0.3 is 5.32 Å². The zero-order chi connectivity index (χ0) is 13.4. The number of carbonyl (C=O) groups excluding carboxylic acids is 2. The summed E-state index contributed by atoms with van der Waals surface area (Å²) in [4.78, 5) is 23.2. The maximum atomic E-state index is 11.8. The normalized spacial score (nSPS) is 11.9. The third-order valence-corrected chi connectivity index (χ3v) is 2.94. The average molecular weight is 247 g/mol. The van der Waals surface area contributed by atoms with E-state index in [0.29, 0.717) is 13.0 Å². The summed E-state index contributed by atoms with van der Waals surface area (Å²) in [6, 6.07) is 9.98. The Morgan fingerprint density at radius 2 is 1.89 bits per heavy atom. The molecule has 0 saturated heterocycles. The van der Waals surface area contributed by atoms with Crippen molar-refractivity contribution >= 4 is 11.7 Å². The minimum absolute atomic E-state index is 0.0472. The van der Waals surface area contributed by atoms with Crippen molar-refractivity contribution in [1.29, 1.82) is 0 Å². The Kier molecular flexibility index (Phi) is 6.12. The van der Waals surface area contributed by atoms with E-state index in [4.69, 9.17) is 0 Å². The molecule has 1 aromatic rings. The van der Waals surface area contributed by atoms with Gasteiger partial charge in [0.05, 0.1) is 5.92 Å². The number of hydrogen-bond donors (Lipinski definition) is 1. The molecule has 3 heteroatoms. The van der Waals surface area contributed by atoms with Crippen LogP contribution in [0.15, 0.2) is 30.3 Å². The number of amides is 1. The van der Waals surface area contributed by atoms with Crippen molar-refractivity contribution in [2.45, 2.75) is 33.1 Å². The van der Waals surface area contributed by atoms with Gasteiger partial charge in [-0.25, -0.2) is 0 Å². The van der Waals surface area contributed by atoms with Crippen molar-refractivity contribution in [3.8, 4) is 0 Å². The summed E-state index contributed by atoms with van der Waals surface area (Å²) in [7, 11) is 0. The molecule has 1 rings (SSSR count). The highest BCUT2D eigenvalue weighted by atomic mass is 16.2. The zero-order valence-corrected chi connectivity index (χ0v) is 11.1. The van der Waals surface area contributed by atoms with Crippen LogP contribution in [0.5, 0.6) is 0 Å². The smallest absolute Gasteiger partial charge is 0.230 e. The fourth-order valence-corrected chi connectivity index (χ4v) is 1.91. The molecule has 3 nitrogen and oxygen atoms in total. The number of ketones is 1. The van der Waals surface area contributed by atoms with Gasteiger partial charge in [0.15, 0.2) is 0 Å². The Morgan fingerprint density at radius 1 is 1.22 bits per heavy atom. The summed E-state index contributed by atoms with van der Waals surface area (Å²) < 4.78 is 0. The molecule has 0 aromatic heterocycles. The second-order valence-corrected chi connectivity index (χ2v) is 4.48. The van der Waals surface area contributed by atoms with E-state index < -0.39 is 5.92 Å². The van der Waals surface area contributed by atoms with Gasteiger partial charge in [0.25, 0.3) is 0 Å². The number of nitrogens with one attached hydrogen (secondary N) is 1. The maximum Gasteiger partial charge on any atom is 0.230 e. The number of carbonyl (C=O) groups is 2. The lowest BCUT2D eigenvalue weighted by Gasteiger charge is -2.13. The van der Waals surface area contributed by atoms with Crippen molar-refractivity contribution in [3.63, 3.8) is 0 Å². The fourth-order valence-electron chi connectivity index (χ4n) is 1.91. The van der Waals surface area contributed by atoms with Gasteiger partial charge in [-0.2, -0.15) is 0 Å². The van der Waals surface area contributed by atoms with E-state index in [2.05, 4.69) is 5.32 Å². The standard InChI is InChI=1S/C15H21NO2/c1-3-7-14(12(2)17)15(18)16-11-10-13-8-5-4-6-9-13/h4-6,8-9,14H,3,7,10-11H2,1-2H3,(H,16,18). The van der Waals surface area contributed by atoms with Crippen molar-refractivity contribution < 1.29 is 9.59 Å². The van der Waals surface area contributed by atoms with Crippen LogP contribution in [0.3, 0.4) is 0 Å². The summed E-state index contributed by atoms with van der Waals surface area (Å²) in [6.07, 6.45) is 2.27. The van der Waals surface area contributed by atoms with Crippen LogP contribution in [-0.4, -0.2) is 18.2 Å². The molecule has 0 radical (unpaired) electrons. The van der Waals surface area contributed by atoms with Gasteiger partial charge in [-0.05, 0) is 25.3 Å². The Labute approximate surface area is 109 Å². The van der Waals surface area contributed by atoms with Gasteiger partial charge >= 0.3 is 0 Å². The van der Waals surface area contributed by atoms with E-state index in [1.165, 1.54) is 12.5 Å². The van der Waals surface area contributed by atoms with Gasteiger partial charge in [-0.15, -0.1) is 0 Å². The zero-order valence-electron chi connectivity index (χ0n) is 11.1. The Balaban J connectivity index is 2.38. The third kappa shape index (κ3) is 4.70. The monoisotopic (exact) mass is 247 g/mol. The lowest BCUT2D eigenvalue weighted by atomic mass is 9.98. The van der Waals surface area contributed by atoms with Gasteiger partial charge in [-0.3, -0.25) is 9.59 Å². The molecule has 1 unspecified atom stereocenters. The Bertz CT molecular complexity index is 387. The first-order chi connectivity index (χ1) is 8.65. The molecule has 1 aromatic carbocycles. The first-order valence-electron chi connectivity index (χ1n) is 6.47. The second-order valence-electron chi connectivity index (χ2n) is 4.48. The van der Waals surface area contributed by atoms with Crippen LogP contribution in [0.25, 0.3) is 0 Å². The van der Waals surface area contributed by atoms with E-state index in [1.54, 1.807) is 0 Å². The molecule has 0 saturated carbocycles. The number of rotatable bonds is 7. The molecule has 98 valence electrons. The summed E-state index contributed by atoms with van der Waals surface area (Å²) >= 11 is 0. The van der Waals surface area contributed by atoms with Crippen LogP contribution in [0.1, 0.15) is 32.3 Å². The quantitative estimate of drug-likeness (QED) is 0.752. The van der Waals surface area contributed by atoms with E-state index in [1.807, 2.05) is 37.3 Å². The Hall–Kier alpha value is -1.64. The van der Waals surface area contributed by atoms with E-state index >= 15 is 0 Å². The van der Waals surface area contributed by atoms with Crippen molar-refractivity contribution in [2.75, 3.05) is 6.54 Å². The van der Waals surface area contributed by atoms with Crippen molar-refractivity contribution in [3.05, 3.63) is 35.9 Å². The molecule has 18 heavy (non-hydrogen) atoms. The molecule has 0 bridgehead atoms. The van der Waals surface area contributed by atoms with Crippen LogP contribution in [0.4, 0.5) is 0 Å². The summed E-state index contributed by atoms with van der Waals surface area (Å²) in [5.74, 6) is -0.667. The molecular formula is C15H21NO2. The summed E-state index contributed by atoms with van der Waals surface area (Å²) in [5, 5.41) is 2.84. The highest BCUT2D eigenvalue weighted by Gasteiger charge is 2.21. The van der Waals surface area contributed by atoms with E-state index in [9.17, 15) is 9.59 Å². The molecule has 0 aliphatic heterocycles. The highest BCUT2D eigenvalue weighted by Crippen LogP contribution is 2.08. The maximum absolute atomic E-state index is 11.8. The molecule has 0 heterocycles. The molecule has 1 N–H and O–H groups in total. The number of benzene rings is 1. The van der Waals surface area contributed by atoms with E-state index in [-0.39, 0.29) is 11.7 Å². The minimum atomic E-state index is -0.481. The van der Waals surface area contributed by atoms with Crippen LogP contribution in [-0.2, 0) is 16.0 Å². The average Bonchev–Trinajstić information content (AvgIpc) is 2.36. The predicted molar refractivity (Wildman–Crippen MR) is 72.2 cm³/mol. The molecule has 0 fully saturated rings. The molecule has 0 aliphatic rings. The second kappa shape index (κ2) is 7.64. The molecule has 0 spiro atoms. The van der Waals surface area contributed by atoms with Crippen molar-refractivity contribution in [1.82, 2.24) is 5.32 Å². The first kappa shape index (κ1) is 14.4. The lowest BCUT2D eigenvalue weighted by molar-refractivity contribution is -0.133. The van der Waals surface area contributed by atoms with Gasteiger partial charge in [0.1, 0.15) is 5.78 Å². The SMILES string of the molecule is CCCC(C(C)=O)C(=O)NCCc1ccccc1. The van der Waals surface area contributed by atoms with Crippen molar-refractivity contribution in [2.24, 2.45) is 5.92 Å². The third-order valence-electron chi connectivity index (χ3n) is 2.94. The van der Waals surface area contributed by atoms with Crippen LogP contribution >= 0.6 is 0 Å². The van der Waals surface area contributed by atoms with E-state index in [0.717, 1.165) is 12.8 Å². The predicted octanol–water partition coefficient (Wildman–Crippen LogP) is 2.35. The minimum Gasteiger partial charge on any atom is -0.355 e. The summed E-state index contributed by atoms with van der Waals surface area (Å²) in [5.41, 5.74) is 1.19. The molecular weight excluding hydrogens is 226 g/mol. The first-order valence-corrected chi connectivity index (χ1v) is 6.47. The fraction of sp³-hybridized carbons (Fsp3) is 0.467. The van der Waals surface area contributed by atoms with Gasteiger partial charge in [0.2, 0.25) is 5.91 Å². The molecule has 1 amide bonds. The van der Waals surface area contributed by atoms with Crippen LogP contribution in [0, 0.1) is 5.92 Å². The van der Waals surface area contributed by atoms with Gasteiger partial charge in [0, 0.05) is 6.54 Å². The van der Waals surface area contributed by atoms with Crippen LogP contribution in [0.2, 0.25) is 0 Å². The Morgan fingerprint density at radius 3 is 2.44 bits per heavy atom. The molecule has 1 atom stereocenters. The van der Waals surface area contributed by atoms with Gasteiger partial charge in [-0.1, -0.05) is 43.7 Å². The summed E-state index contributed by atoms with van der Waals surface area (Å²) in [6.45, 7) is 4.04. The highest BCUT2D eigenvalue weighted by molar-refractivity contribution is 6.00. The van der Waals surface area contributed by atoms with Crippen LogP contribution < -0.4 is 5.32 Å². The number of Topliss-reactive ketones (excluding diaryl/α,β-unsaturated/α-hetero) is 1. The lowest BCUT2D eigenvalue weighted by Crippen LogP contribution is -2.35.